The predicted octanol–water partition coefficient (Wildman–Crippen LogP) is 1.61. The van der Waals surface area contributed by atoms with Crippen molar-refractivity contribution in [3.05, 3.63) is 23.9 Å². The summed E-state index contributed by atoms with van der Waals surface area (Å²) >= 11 is 0. The number of nitrogens with one attached hydrogen (secondary N) is 2. The summed E-state index contributed by atoms with van der Waals surface area (Å²) < 4.78 is 0. The first-order chi connectivity index (χ1) is 9.99. The molecule has 0 radical (unpaired) electrons. The topological polar surface area (TPSA) is 87.0 Å². The molecule has 1 amide bonds. The molecule has 0 unspecified atom stereocenters. The first-order valence-corrected chi connectivity index (χ1v) is 7.21. The van der Waals surface area contributed by atoms with Crippen LogP contribution in [0.4, 0.5) is 5.69 Å². The van der Waals surface area contributed by atoms with E-state index in [-0.39, 0.29) is 5.91 Å². The highest BCUT2D eigenvalue weighted by Gasteiger charge is 2.13. The molecule has 1 aromatic heterocycles. The number of hydrogen-bond acceptors (Lipinski definition) is 4. The maximum Gasteiger partial charge on any atom is 0.272 e. The van der Waals surface area contributed by atoms with Crippen molar-refractivity contribution in [2.45, 2.75) is 26.3 Å². The molecule has 114 valence electrons. The van der Waals surface area contributed by atoms with Gasteiger partial charge < -0.3 is 16.0 Å². The van der Waals surface area contributed by atoms with Gasteiger partial charge in [-0.1, -0.05) is 0 Å². The van der Waals surface area contributed by atoms with E-state index in [9.17, 15) is 4.79 Å². The molecule has 0 saturated heterocycles. The number of amides is 1. The fraction of sp³-hybridized carbons (Fsp3) is 0.467. The fourth-order valence-electron chi connectivity index (χ4n) is 2.08. The van der Waals surface area contributed by atoms with Gasteiger partial charge in [-0.15, -0.1) is 0 Å². The number of hydrogen-bond donors (Lipinski definition) is 3. The van der Waals surface area contributed by atoms with Crippen molar-refractivity contribution in [3.8, 4) is 0 Å². The quantitative estimate of drug-likeness (QED) is 0.557. The second-order valence-electron chi connectivity index (χ2n) is 5.56. The van der Waals surface area contributed by atoms with E-state index in [1.807, 2.05) is 6.07 Å². The molecule has 2 rings (SSSR count). The van der Waals surface area contributed by atoms with Gasteiger partial charge in [0.1, 0.15) is 0 Å². The molecule has 0 fully saturated rings. The van der Waals surface area contributed by atoms with E-state index in [1.54, 1.807) is 12.1 Å². The summed E-state index contributed by atoms with van der Waals surface area (Å²) in [7, 11) is 2.08. The van der Waals surface area contributed by atoms with Crippen LogP contribution < -0.4 is 11.1 Å². The number of aromatic amines is 1. The lowest BCUT2D eigenvalue weighted by Crippen LogP contribution is -2.31. The van der Waals surface area contributed by atoms with Gasteiger partial charge in [-0.3, -0.25) is 9.89 Å². The Morgan fingerprint density at radius 1 is 1.48 bits per heavy atom. The van der Waals surface area contributed by atoms with E-state index in [0.717, 1.165) is 23.9 Å². The third-order valence-corrected chi connectivity index (χ3v) is 3.66. The Morgan fingerprint density at radius 2 is 2.24 bits per heavy atom. The van der Waals surface area contributed by atoms with E-state index < -0.39 is 0 Å². The summed E-state index contributed by atoms with van der Waals surface area (Å²) in [5.74, 6) is -0.168. The molecule has 0 spiro atoms. The van der Waals surface area contributed by atoms with Crippen LogP contribution in [0.3, 0.4) is 0 Å². The highest BCUT2D eigenvalue weighted by Crippen LogP contribution is 2.18. The summed E-state index contributed by atoms with van der Waals surface area (Å²) in [4.78, 5) is 14.4. The maximum atomic E-state index is 12.2. The average molecular weight is 289 g/mol. The number of rotatable bonds is 6. The Morgan fingerprint density at radius 3 is 2.95 bits per heavy atom. The third-order valence-electron chi connectivity index (χ3n) is 3.66. The maximum absolute atomic E-state index is 12.2. The molecule has 1 heterocycles. The van der Waals surface area contributed by atoms with Crippen LogP contribution in [0, 0.1) is 0 Å². The molecule has 21 heavy (non-hydrogen) atoms. The largest absolute Gasteiger partial charge is 0.399 e. The monoisotopic (exact) mass is 289 g/mol. The molecule has 0 saturated carbocycles. The van der Waals surface area contributed by atoms with Gasteiger partial charge in [-0.25, -0.2) is 0 Å². The summed E-state index contributed by atoms with van der Waals surface area (Å²) in [5, 5.41) is 10.6. The first kappa shape index (κ1) is 15.3. The van der Waals surface area contributed by atoms with E-state index in [2.05, 4.69) is 41.3 Å². The second-order valence-corrected chi connectivity index (χ2v) is 5.56. The van der Waals surface area contributed by atoms with Gasteiger partial charge >= 0.3 is 0 Å². The van der Waals surface area contributed by atoms with Gasteiger partial charge in [0.25, 0.3) is 5.91 Å². The molecular weight excluding hydrogens is 266 g/mol. The fourth-order valence-corrected chi connectivity index (χ4v) is 2.08. The van der Waals surface area contributed by atoms with E-state index >= 15 is 0 Å². The Labute approximate surface area is 124 Å². The third kappa shape index (κ3) is 3.72. The first-order valence-electron chi connectivity index (χ1n) is 7.21. The number of H-pyrrole nitrogens is 1. The molecule has 0 aliphatic rings. The molecule has 6 heteroatoms. The van der Waals surface area contributed by atoms with Crippen LogP contribution >= 0.6 is 0 Å². The minimum absolute atomic E-state index is 0.168. The summed E-state index contributed by atoms with van der Waals surface area (Å²) in [6, 6.07) is 5.88. The number of nitrogen functional groups attached to an aromatic ring is 1. The van der Waals surface area contributed by atoms with Crippen molar-refractivity contribution in [1.82, 2.24) is 20.4 Å². The molecule has 2 aromatic rings. The van der Waals surface area contributed by atoms with Gasteiger partial charge in [-0.05, 0) is 52.1 Å². The van der Waals surface area contributed by atoms with E-state index in [1.165, 1.54) is 0 Å². The molecule has 0 aliphatic carbocycles. The summed E-state index contributed by atoms with van der Waals surface area (Å²) in [6.45, 7) is 5.89. The molecular formula is C15H23N5O. The number of benzene rings is 1. The Balaban J connectivity index is 1.92. The zero-order valence-corrected chi connectivity index (χ0v) is 12.8. The Kier molecular flexibility index (Phi) is 4.80. The molecule has 1 aromatic carbocycles. The number of fused-ring (bicyclic) bond motifs is 1. The highest BCUT2D eigenvalue weighted by molar-refractivity contribution is 6.05. The Bertz CT molecular complexity index is 620. The smallest absolute Gasteiger partial charge is 0.272 e. The van der Waals surface area contributed by atoms with Gasteiger partial charge in [-0.2, -0.15) is 5.10 Å². The van der Waals surface area contributed by atoms with Crippen molar-refractivity contribution in [2.75, 3.05) is 25.9 Å². The van der Waals surface area contributed by atoms with Gasteiger partial charge in [0, 0.05) is 23.7 Å². The number of anilines is 1. The molecule has 6 nitrogen and oxygen atoms in total. The molecule has 0 bridgehead atoms. The standard InChI is InChI=1S/C15H23N5O/c1-10(2)20(3)8-4-7-17-15(21)14-12-9-11(16)5-6-13(12)18-19-14/h5-6,9-10H,4,7-8,16H2,1-3H3,(H,17,21)(H,18,19). The average Bonchev–Trinajstić information content (AvgIpc) is 2.85. The van der Waals surface area contributed by atoms with Crippen molar-refractivity contribution >= 4 is 22.5 Å². The van der Waals surface area contributed by atoms with E-state index in [4.69, 9.17) is 5.73 Å². The number of carbonyl (C=O) groups is 1. The van der Waals surface area contributed by atoms with Crippen LogP contribution in [-0.2, 0) is 0 Å². The van der Waals surface area contributed by atoms with Crippen LogP contribution in [-0.4, -0.2) is 47.2 Å². The highest BCUT2D eigenvalue weighted by atomic mass is 16.1. The van der Waals surface area contributed by atoms with Crippen LogP contribution in [0.25, 0.3) is 10.9 Å². The normalized spacial score (nSPS) is 11.5. The zero-order chi connectivity index (χ0) is 15.4. The predicted molar refractivity (Wildman–Crippen MR) is 85.2 cm³/mol. The zero-order valence-electron chi connectivity index (χ0n) is 12.8. The number of nitrogens with zero attached hydrogens (tertiary/aromatic N) is 2. The molecule has 4 N–H and O–H groups in total. The van der Waals surface area contributed by atoms with Crippen LogP contribution in [0.1, 0.15) is 30.8 Å². The van der Waals surface area contributed by atoms with Gasteiger partial charge in [0.05, 0.1) is 5.52 Å². The van der Waals surface area contributed by atoms with Crippen LogP contribution in [0.2, 0.25) is 0 Å². The minimum Gasteiger partial charge on any atom is -0.399 e. The summed E-state index contributed by atoms with van der Waals surface area (Å²) in [5.41, 5.74) is 7.59. The lowest BCUT2D eigenvalue weighted by atomic mass is 10.2. The Hall–Kier alpha value is -2.08. The number of nitrogens with two attached hydrogens (primary N) is 1. The molecule has 0 atom stereocenters. The van der Waals surface area contributed by atoms with Gasteiger partial charge in [0.2, 0.25) is 0 Å². The van der Waals surface area contributed by atoms with Crippen molar-refractivity contribution in [2.24, 2.45) is 0 Å². The SMILES string of the molecule is CC(C)N(C)CCCNC(=O)c1n[nH]c2ccc(N)cc12. The summed E-state index contributed by atoms with van der Waals surface area (Å²) in [6.07, 6.45) is 0.908. The van der Waals surface area contributed by atoms with Crippen LogP contribution in [0.15, 0.2) is 18.2 Å². The minimum atomic E-state index is -0.168. The van der Waals surface area contributed by atoms with Crippen molar-refractivity contribution in [1.29, 1.82) is 0 Å². The lowest BCUT2D eigenvalue weighted by molar-refractivity contribution is 0.0948. The van der Waals surface area contributed by atoms with Gasteiger partial charge in [0.15, 0.2) is 5.69 Å². The molecule has 0 aliphatic heterocycles. The van der Waals surface area contributed by atoms with E-state index in [0.29, 0.717) is 24.0 Å². The number of aromatic nitrogens is 2. The van der Waals surface area contributed by atoms with Crippen LogP contribution in [0.5, 0.6) is 0 Å². The number of carbonyl (C=O) groups excluding carboxylic acids is 1. The van der Waals surface area contributed by atoms with Crippen molar-refractivity contribution in [3.63, 3.8) is 0 Å². The van der Waals surface area contributed by atoms with Crippen molar-refractivity contribution < 1.29 is 4.79 Å². The lowest BCUT2D eigenvalue weighted by Gasteiger charge is -2.20. The second kappa shape index (κ2) is 6.58.